The minimum atomic E-state index is -0.955. The summed E-state index contributed by atoms with van der Waals surface area (Å²) in [7, 11) is 0. The number of fused-ring (bicyclic) bond motifs is 1. The van der Waals surface area contributed by atoms with Crippen molar-refractivity contribution in [1.82, 2.24) is 4.98 Å². The van der Waals surface area contributed by atoms with Crippen LogP contribution in [0.2, 0.25) is 0 Å². The number of carbonyl (C=O) groups is 1. The van der Waals surface area contributed by atoms with Crippen LogP contribution in [0.25, 0.3) is 23.1 Å². The number of para-hydroxylation sites is 1. The van der Waals surface area contributed by atoms with Crippen LogP contribution in [0.4, 0.5) is 0 Å². The summed E-state index contributed by atoms with van der Waals surface area (Å²) in [5, 5.41) is 23.4. The van der Waals surface area contributed by atoms with Gasteiger partial charge in [-0.1, -0.05) is 78.9 Å². The summed E-state index contributed by atoms with van der Waals surface area (Å²) in [6.45, 7) is 3.66. The van der Waals surface area contributed by atoms with Gasteiger partial charge in [0.1, 0.15) is 0 Å². The SMILES string of the molecule is CC(C)(O)c1ccccc1CC[C@@H](SCC1(CC(=O)[O-])CC1)c1cccc(/C=C/c2ccc3ccccc3n2)c1.[Na+]. The molecule has 0 amide bonds. The molecule has 4 aromatic rings. The fourth-order valence-electron chi connectivity index (χ4n) is 5.32. The van der Waals surface area contributed by atoms with Crippen LogP contribution in [0.15, 0.2) is 84.9 Å². The van der Waals surface area contributed by atoms with Crippen molar-refractivity contribution in [2.75, 3.05) is 5.75 Å². The second kappa shape index (κ2) is 13.7. The third kappa shape index (κ3) is 8.56. The summed E-state index contributed by atoms with van der Waals surface area (Å²) in [5.74, 6) is -0.150. The third-order valence-corrected chi connectivity index (χ3v) is 9.46. The molecule has 0 radical (unpaired) electrons. The Bertz CT molecular complexity index is 1520. The van der Waals surface area contributed by atoms with Crippen molar-refractivity contribution in [2.24, 2.45) is 5.41 Å². The Hall–Kier alpha value is -2.41. The predicted octanol–water partition coefficient (Wildman–Crippen LogP) is 3.96. The maximum Gasteiger partial charge on any atom is 1.00 e. The van der Waals surface area contributed by atoms with E-state index in [0.717, 1.165) is 64.7 Å². The van der Waals surface area contributed by atoms with Gasteiger partial charge in [-0.15, -0.1) is 0 Å². The Morgan fingerprint density at radius 2 is 1.78 bits per heavy atom. The number of carboxylic acid groups (broad SMARTS) is 1. The van der Waals surface area contributed by atoms with Gasteiger partial charge in [0, 0.05) is 16.6 Å². The Morgan fingerprint density at radius 1 is 1.02 bits per heavy atom. The summed E-state index contributed by atoms with van der Waals surface area (Å²) in [6.07, 6.45) is 7.89. The first-order valence-electron chi connectivity index (χ1n) is 14.0. The fraction of sp³-hybridized carbons (Fsp3) is 0.314. The molecule has 1 aliphatic carbocycles. The van der Waals surface area contributed by atoms with Gasteiger partial charge in [-0.3, -0.25) is 0 Å². The van der Waals surface area contributed by atoms with E-state index >= 15 is 0 Å². The largest absolute Gasteiger partial charge is 1.00 e. The van der Waals surface area contributed by atoms with E-state index in [1.54, 1.807) is 0 Å². The van der Waals surface area contributed by atoms with Gasteiger partial charge in [0.05, 0.1) is 16.8 Å². The number of aryl methyl sites for hydroxylation is 1. The molecule has 0 saturated heterocycles. The first-order chi connectivity index (χ1) is 19.2. The number of aliphatic hydroxyl groups is 1. The summed E-state index contributed by atoms with van der Waals surface area (Å²) in [4.78, 5) is 16.1. The molecule has 1 atom stereocenters. The van der Waals surface area contributed by atoms with Crippen molar-refractivity contribution in [1.29, 1.82) is 0 Å². The summed E-state index contributed by atoms with van der Waals surface area (Å²) in [5.41, 5.74) is 5.28. The molecule has 1 aliphatic rings. The van der Waals surface area contributed by atoms with E-state index in [4.69, 9.17) is 4.98 Å². The molecule has 6 heteroatoms. The van der Waals surface area contributed by atoms with Crippen LogP contribution in [-0.4, -0.2) is 21.8 Å². The first kappa shape index (κ1) is 31.5. The Kier molecular flexibility index (Phi) is 10.5. The van der Waals surface area contributed by atoms with Crippen molar-refractivity contribution in [2.45, 2.75) is 56.8 Å². The standard InChI is InChI=1S/C35H37NO3S.Na/c1-34(2,39)30-12-5-3-9-26(30)16-19-32(40-24-35(20-21-35)23-33(37)38)28-11-7-8-25(22-28)14-17-29-18-15-27-10-4-6-13-31(27)36-29;/h3-15,17-18,22,32,39H,16,19-21,23-24H2,1-2H3,(H,37,38);/q;+1/p-1/b17-14+;/t32-;/m1./s1. The predicted molar refractivity (Wildman–Crippen MR) is 164 cm³/mol. The van der Waals surface area contributed by atoms with Gasteiger partial charge in [0.25, 0.3) is 0 Å². The zero-order valence-corrected chi connectivity index (χ0v) is 27.0. The van der Waals surface area contributed by atoms with Gasteiger partial charge >= 0.3 is 29.6 Å². The average Bonchev–Trinajstić information content (AvgIpc) is 3.70. The number of rotatable bonds is 12. The molecule has 0 bridgehead atoms. The number of pyridine rings is 1. The van der Waals surface area contributed by atoms with Crippen LogP contribution < -0.4 is 34.7 Å². The topological polar surface area (TPSA) is 73.2 Å². The number of aromatic nitrogens is 1. The van der Waals surface area contributed by atoms with Crippen LogP contribution in [0, 0.1) is 5.41 Å². The van der Waals surface area contributed by atoms with Crippen molar-refractivity contribution in [3.05, 3.63) is 113 Å². The Labute approximate surface area is 269 Å². The number of aliphatic carboxylic acids is 1. The first-order valence-corrected chi connectivity index (χ1v) is 15.0. The molecule has 1 heterocycles. The van der Waals surface area contributed by atoms with Crippen LogP contribution >= 0.6 is 11.8 Å². The smallest absolute Gasteiger partial charge is 0.550 e. The molecule has 5 rings (SSSR count). The van der Waals surface area contributed by atoms with Gasteiger partial charge in [0.15, 0.2) is 0 Å². The summed E-state index contributed by atoms with van der Waals surface area (Å²) >= 11 is 1.85. The molecule has 1 N–H and O–H groups in total. The van der Waals surface area contributed by atoms with Gasteiger partial charge in [-0.2, -0.15) is 11.8 Å². The fourth-order valence-corrected chi connectivity index (χ4v) is 6.89. The number of hydrogen-bond acceptors (Lipinski definition) is 5. The molecule has 0 spiro atoms. The van der Waals surface area contributed by atoms with E-state index in [0.29, 0.717) is 0 Å². The van der Waals surface area contributed by atoms with Gasteiger partial charge in [-0.25, -0.2) is 4.98 Å². The van der Waals surface area contributed by atoms with E-state index in [1.807, 2.05) is 74.1 Å². The van der Waals surface area contributed by atoms with Crippen LogP contribution in [0.1, 0.15) is 72.7 Å². The van der Waals surface area contributed by atoms with Gasteiger partial charge < -0.3 is 15.0 Å². The van der Waals surface area contributed by atoms with E-state index < -0.39 is 11.6 Å². The van der Waals surface area contributed by atoms with E-state index in [2.05, 4.69) is 48.5 Å². The molecule has 41 heavy (non-hydrogen) atoms. The molecular formula is C35H36NNaO3S. The van der Waals surface area contributed by atoms with Crippen molar-refractivity contribution in [3.8, 4) is 0 Å². The zero-order valence-electron chi connectivity index (χ0n) is 24.2. The molecular weight excluding hydrogens is 537 g/mol. The quantitative estimate of drug-likeness (QED) is 0.260. The second-order valence-corrected chi connectivity index (χ2v) is 12.7. The number of carbonyl (C=O) groups excluding carboxylic acids is 1. The number of thioether (sulfide) groups is 1. The number of hydrogen-bond donors (Lipinski definition) is 1. The molecule has 206 valence electrons. The minimum Gasteiger partial charge on any atom is -0.550 e. The van der Waals surface area contributed by atoms with Crippen molar-refractivity contribution in [3.63, 3.8) is 0 Å². The van der Waals surface area contributed by atoms with E-state index in [1.165, 1.54) is 5.56 Å². The summed E-state index contributed by atoms with van der Waals surface area (Å²) in [6, 6.07) is 28.9. The van der Waals surface area contributed by atoms with Crippen LogP contribution in [0.3, 0.4) is 0 Å². The Morgan fingerprint density at radius 3 is 2.54 bits per heavy atom. The molecule has 4 nitrogen and oxygen atoms in total. The second-order valence-electron chi connectivity index (χ2n) is 11.5. The Balaban J connectivity index is 0.00000387. The normalized spacial score (nSPS) is 15.0. The van der Waals surface area contributed by atoms with E-state index in [-0.39, 0.29) is 46.6 Å². The molecule has 3 aromatic carbocycles. The number of benzene rings is 3. The van der Waals surface area contributed by atoms with Gasteiger partial charge in [0.2, 0.25) is 0 Å². The van der Waals surface area contributed by atoms with Crippen LogP contribution in [-0.2, 0) is 16.8 Å². The monoisotopic (exact) mass is 573 g/mol. The number of nitrogens with zero attached hydrogens (tertiary/aromatic N) is 1. The molecule has 0 unspecified atom stereocenters. The van der Waals surface area contributed by atoms with Crippen molar-refractivity contribution < 1.29 is 44.6 Å². The number of carboxylic acids is 1. The maximum atomic E-state index is 11.4. The van der Waals surface area contributed by atoms with Crippen LogP contribution in [0.5, 0.6) is 0 Å². The minimum absolute atomic E-state index is 0. The molecule has 0 aliphatic heterocycles. The van der Waals surface area contributed by atoms with E-state index in [9.17, 15) is 15.0 Å². The molecule has 1 saturated carbocycles. The molecule has 1 fully saturated rings. The zero-order chi connectivity index (χ0) is 28.2. The van der Waals surface area contributed by atoms with Crippen molar-refractivity contribution >= 4 is 40.8 Å². The maximum absolute atomic E-state index is 11.4. The molecule has 1 aromatic heterocycles. The summed E-state index contributed by atoms with van der Waals surface area (Å²) < 4.78 is 0. The third-order valence-electron chi connectivity index (χ3n) is 7.77. The van der Waals surface area contributed by atoms with Gasteiger partial charge in [-0.05, 0) is 97.6 Å². The average molecular weight is 574 g/mol.